The Balaban J connectivity index is 2.09. The number of carbonyl (C=O) groups is 1. The SMILES string of the molecule is COC(=O)Cc1csc(Nc2ccc(Cl)cc2C)n1. The first-order chi connectivity index (χ1) is 9.08. The number of benzene rings is 1. The number of hydrogen-bond donors (Lipinski definition) is 1. The molecule has 0 fully saturated rings. The second-order valence-corrected chi connectivity index (χ2v) is 5.28. The predicted octanol–water partition coefficient (Wildman–Crippen LogP) is 3.56. The predicted molar refractivity (Wildman–Crippen MR) is 77.3 cm³/mol. The molecule has 0 radical (unpaired) electrons. The van der Waals surface area contributed by atoms with Gasteiger partial charge in [-0.2, -0.15) is 0 Å². The van der Waals surface area contributed by atoms with Gasteiger partial charge in [0.2, 0.25) is 0 Å². The summed E-state index contributed by atoms with van der Waals surface area (Å²) in [5, 5.41) is 6.49. The minimum atomic E-state index is -0.292. The Hall–Kier alpha value is -1.59. The van der Waals surface area contributed by atoms with E-state index in [4.69, 9.17) is 11.6 Å². The molecular formula is C13H13ClN2O2S. The van der Waals surface area contributed by atoms with Crippen molar-refractivity contribution in [3.63, 3.8) is 0 Å². The fourth-order valence-corrected chi connectivity index (χ4v) is 2.50. The summed E-state index contributed by atoms with van der Waals surface area (Å²) in [6.07, 6.45) is 0.189. The van der Waals surface area contributed by atoms with E-state index in [1.54, 1.807) is 0 Å². The lowest BCUT2D eigenvalue weighted by Gasteiger charge is -2.06. The third kappa shape index (κ3) is 3.68. The molecule has 100 valence electrons. The largest absolute Gasteiger partial charge is 0.469 e. The average molecular weight is 297 g/mol. The Labute approximate surface area is 120 Å². The summed E-state index contributed by atoms with van der Waals surface area (Å²) in [5.41, 5.74) is 2.69. The van der Waals surface area contributed by atoms with Crippen LogP contribution in [-0.2, 0) is 16.0 Å². The molecule has 0 atom stereocenters. The van der Waals surface area contributed by atoms with E-state index in [1.165, 1.54) is 18.4 Å². The summed E-state index contributed by atoms with van der Waals surface area (Å²) in [7, 11) is 1.37. The van der Waals surface area contributed by atoms with Gasteiger partial charge < -0.3 is 10.1 Å². The third-order valence-electron chi connectivity index (χ3n) is 2.53. The molecular weight excluding hydrogens is 284 g/mol. The Morgan fingerprint density at radius 3 is 3.00 bits per heavy atom. The van der Waals surface area contributed by atoms with Gasteiger partial charge in [-0.3, -0.25) is 4.79 Å². The molecule has 0 saturated heterocycles. The Morgan fingerprint density at radius 2 is 2.32 bits per heavy atom. The van der Waals surface area contributed by atoms with Crippen LogP contribution in [0.5, 0.6) is 0 Å². The second kappa shape index (κ2) is 6.04. The van der Waals surface area contributed by atoms with Crippen LogP contribution in [0.4, 0.5) is 10.8 Å². The van der Waals surface area contributed by atoms with Gasteiger partial charge in [0.25, 0.3) is 0 Å². The lowest BCUT2D eigenvalue weighted by Crippen LogP contribution is -2.04. The fraction of sp³-hybridized carbons (Fsp3) is 0.231. The van der Waals surface area contributed by atoms with E-state index < -0.39 is 0 Å². The van der Waals surface area contributed by atoms with Gasteiger partial charge in [0.1, 0.15) is 0 Å². The van der Waals surface area contributed by atoms with Crippen molar-refractivity contribution in [3.8, 4) is 0 Å². The minimum Gasteiger partial charge on any atom is -0.469 e. The number of methoxy groups -OCH3 is 1. The molecule has 2 rings (SSSR count). The molecule has 0 saturated carbocycles. The van der Waals surface area contributed by atoms with E-state index in [2.05, 4.69) is 15.0 Å². The molecule has 0 unspecified atom stereocenters. The molecule has 1 aromatic heterocycles. The first-order valence-electron chi connectivity index (χ1n) is 5.63. The van der Waals surface area contributed by atoms with Gasteiger partial charge in [-0.05, 0) is 30.7 Å². The highest BCUT2D eigenvalue weighted by atomic mass is 35.5. The van der Waals surface area contributed by atoms with E-state index in [-0.39, 0.29) is 12.4 Å². The number of aromatic nitrogens is 1. The zero-order chi connectivity index (χ0) is 13.8. The van der Waals surface area contributed by atoms with Gasteiger partial charge in [0.15, 0.2) is 5.13 Å². The Morgan fingerprint density at radius 1 is 1.53 bits per heavy atom. The van der Waals surface area contributed by atoms with Crippen LogP contribution in [0.3, 0.4) is 0 Å². The van der Waals surface area contributed by atoms with Crippen LogP contribution in [0.25, 0.3) is 0 Å². The molecule has 0 aliphatic carbocycles. The van der Waals surface area contributed by atoms with Crippen LogP contribution in [0.1, 0.15) is 11.3 Å². The first kappa shape index (κ1) is 13.8. The van der Waals surface area contributed by atoms with Crippen molar-refractivity contribution >= 4 is 39.7 Å². The van der Waals surface area contributed by atoms with Gasteiger partial charge in [-0.1, -0.05) is 11.6 Å². The maximum atomic E-state index is 11.1. The van der Waals surface area contributed by atoms with E-state index >= 15 is 0 Å². The lowest BCUT2D eigenvalue weighted by molar-refractivity contribution is -0.139. The van der Waals surface area contributed by atoms with Crippen molar-refractivity contribution in [2.75, 3.05) is 12.4 Å². The molecule has 0 bridgehead atoms. The van der Waals surface area contributed by atoms with Gasteiger partial charge in [-0.15, -0.1) is 11.3 Å². The molecule has 0 aliphatic heterocycles. The van der Waals surface area contributed by atoms with Crippen LogP contribution >= 0.6 is 22.9 Å². The lowest BCUT2D eigenvalue weighted by atomic mass is 10.2. The van der Waals surface area contributed by atoms with Crippen molar-refractivity contribution in [2.24, 2.45) is 0 Å². The summed E-state index contributed by atoms with van der Waals surface area (Å²) in [5.74, 6) is -0.292. The highest BCUT2D eigenvalue weighted by molar-refractivity contribution is 7.13. The summed E-state index contributed by atoms with van der Waals surface area (Å²) in [6, 6.07) is 5.60. The van der Waals surface area contributed by atoms with Crippen molar-refractivity contribution in [2.45, 2.75) is 13.3 Å². The number of nitrogens with zero attached hydrogens (tertiary/aromatic N) is 1. The van der Waals surface area contributed by atoms with Crippen molar-refractivity contribution in [1.29, 1.82) is 0 Å². The van der Waals surface area contributed by atoms with E-state index in [9.17, 15) is 4.79 Å². The molecule has 0 amide bonds. The van der Waals surface area contributed by atoms with Gasteiger partial charge in [0, 0.05) is 16.1 Å². The molecule has 1 aromatic carbocycles. The molecule has 1 heterocycles. The quantitative estimate of drug-likeness (QED) is 0.877. The maximum Gasteiger partial charge on any atom is 0.311 e. The zero-order valence-corrected chi connectivity index (χ0v) is 12.1. The second-order valence-electron chi connectivity index (χ2n) is 3.98. The molecule has 2 aromatic rings. The minimum absolute atomic E-state index is 0.189. The van der Waals surface area contributed by atoms with Gasteiger partial charge >= 0.3 is 5.97 Å². The topological polar surface area (TPSA) is 51.2 Å². The number of esters is 1. The summed E-state index contributed by atoms with van der Waals surface area (Å²) in [6.45, 7) is 1.97. The molecule has 4 nitrogen and oxygen atoms in total. The van der Waals surface area contributed by atoms with Crippen LogP contribution in [0, 0.1) is 6.92 Å². The average Bonchev–Trinajstić information content (AvgIpc) is 2.80. The molecule has 19 heavy (non-hydrogen) atoms. The Bertz CT molecular complexity index is 598. The van der Waals surface area contributed by atoms with Crippen LogP contribution in [-0.4, -0.2) is 18.1 Å². The van der Waals surface area contributed by atoms with Crippen LogP contribution < -0.4 is 5.32 Å². The number of aryl methyl sites for hydroxylation is 1. The first-order valence-corrected chi connectivity index (χ1v) is 6.88. The highest BCUT2D eigenvalue weighted by Crippen LogP contribution is 2.25. The normalized spacial score (nSPS) is 10.3. The smallest absolute Gasteiger partial charge is 0.311 e. The standard InChI is InChI=1S/C13H13ClN2O2S/c1-8-5-9(14)3-4-11(8)16-13-15-10(7-19-13)6-12(17)18-2/h3-5,7H,6H2,1-2H3,(H,15,16). The molecule has 1 N–H and O–H groups in total. The number of thiazole rings is 1. The summed E-state index contributed by atoms with van der Waals surface area (Å²) < 4.78 is 4.60. The third-order valence-corrected chi connectivity index (χ3v) is 3.58. The fourth-order valence-electron chi connectivity index (χ4n) is 1.55. The number of anilines is 2. The summed E-state index contributed by atoms with van der Waals surface area (Å²) >= 11 is 7.35. The monoisotopic (exact) mass is 296 g/mol. The number of nitrogens with one attached hydrogen (secondary N) is 1. The van der Waals surface area contributed by atoms with Crippen molar-refractivity contribution in [3.05, 3.63) is 39.9 Å². The van der Waals surface area contributed by atoms with Crippen LogP contribution in [0.2, 0.25) is 5.02 Å². The number of halogens is 1. The molecule has 0 aliphatic rings. The number of carbonyl (C=O) groups excluding carboxylic acids is 1. The molecule has 6 heteroatoms. The van der Waals surface area contributed by atoms with Crippen molar-refractivity contribution in [1.82, 2.24) is 4.98 Å². The number of hydrogen-bond acceptors (Lipinski definition) is 5. The maximum absolute atomic E-state index is 11.1. The zero-order valence-electron chi connectivity index (χ0n) is 10.6. The number of ether oxygens (including phenoxy) is 1. The van der Waals surface area contributed by atoms with Gasteiger partial charge in [0.05, 0.1) is 19.2 Å². The van der Waals surface area contributed by atoms with E-state index in [0.717, 1.165) is 16.4 Å². The number of rotatable bonds is 4. The molecule has 0 spiro atoms. The van der Waals surface area contributed by atoms with Crippen LogP contribution in [0.15, 0.2) is 23.6 Å². The van der Waals surface area contributed by atoms with Crippen molar-refractivity contribution < 1.29 is 9.53 Å². The van der Waals surface area contributed by atoms with E-state index in [1.807, 2.05) is 30.5 Å². The highest BCUT2D eigenvalue weighted by Gasteiger charge is 2.08. The van der Waals surface area contributed by atoms with E-state index in [0.29, 0.717) is 10.7 Å². The van der Waals surface area contributed by atoms with Gasteiger partial charge in [-0.25, -0.2) is 4.98 Å². The summed E-state index contributed by atoms with van der Waals surface area (Å²) in [4.78, 5) is 15.5. The Kier molecular flexibility index (Phi) is 4.39.